The zero-order valence-electron chi connectivity index (χ0n) is 14.3. The van der Waals surface area contributed by atoms with E-state index in [0.717, 1.165) is 11.3 Å². The fraction of sp³-hybridized carbons (Fsp3) is 0.278. The van der Waals surface area contributed by atoms with Gasteiger partial charge in [0.05, 0.1) is 30.8 Å². The average Bonchev–Trinajstić information content (AvgIpc) is 2.57. The number of hydrogen-bond acceptors (Lipinski definition) is 5. The lowest BCUT2D eigenvalue weighted by atomic mass is 10.2. The van der Waals surface area contributed by atoms with Crippen molar-refractivity contribution in [1.82, 2.24) is 9.97 Å². The summed E-state index contributed by atoms with van der Waals surface area (Å²) in [5.41, 5.74) is 2.83. The summed E-state index contributed by atoms with van der Waals surface area (Å²) in [5, 5.41) is 2.81. The van der Waals surface area contributed by atoms with E-state index >= 15 is 0 Å². The summed E-state index contributed by atoms with van der Waals surface area (Å²) in [5.74, 6) is 0.527. The second kappa shape index (κ2) is 8.10. The van der Waals surface area contributed by atoms with Crippen LogP contribution in [-0.4, -0.2) is 29.6 Å². The number of benzene rings is 1. The molecule has 0 aliphatic heterocycles. The van der Waals surface area contributed by atoms with Gasteiger partial charge in [-0.3, -0.25) is 4.79 Å². The third-order valence-electron chi connectivity index (χ3n) is 3.31. The van der Waals surface area contributed by atoms with Crippen LogP contribution in [0.15, 0.2) is 30.3 Å². The number of aryl methyl sites for hydroxylation is 2. The highest BCUT2D eigenvalue weighted by Gasteiger charge is 2.10. The largest absolute Gasteiger partial charge is 0.497 e. The van der Waals surface area contributed by atoms with E-state index in [1.807, 2.05) is 31.2 Å². The molecule has 126 valence electrons. The minimum atomic E-state index is -0.246. The molecule has 1 aromatic carbocycles. The highest BCUT2D eigenvalue weighted by atomic mass is 16.5. The number of rotatable bonds is 6. The minimum Gasteiger partial charge on any atom is -0.497 e. The van der Waals surface area contributed by atoms with E-state index < -0.39 is 0 Å². The molecule has 1 N–H and O–H groups in total. The van der Waals surface area contributed by atoms with Crippen LogP contribution in [0, 0.1) is 13.8 Å². The number of amides is 1. The van der Waals surface area contributed by atoms with Crippen molar-refractivity contribution >= 4 is 17.7 Å². The topological polar surface area (TPSA) is 73.3 Å². The molecule has 6 heteroatoms. The number of methoxy groups -OCH3 is 1. The highest BCUT2D eigenvalue weighted by Crippen LogP contribution is 2.19. The third-order valence-corrected chi connectivity index (χ3v) is 3.31. The molecule has 0 saturated heterocycles. The van der Waals surface area contributed by atoms with Crippen LogP contribution in [0.1, 0.15) is 23.9 Å². The van der Waals surface area contributed by atoms with Gasteiger partial charge in [-0.2, -0.15) is 9.97 Å². The van der Waals surface area contributed by atoms with Crippen molar-refractivity contribution in [3.05, 3.63) is 47.3 Å². The summed E-state index contributed by atoms with van der Waals surface area (Å²) < 4.78 is 10.4. The van der Waals surface area contributed by atoms with Crippen molar-refractivity contribution in [2.24, 2.45) is 0 Å². The summed E-state index contributed by atoms with van der Waals surface area (Å²) in [6.45, 7) is 5.98. The summed E-state index contributed by atoms with van der Waals surface area (Å²) >= 11 is 0. The summed E-state index contributed by atoms with van der Waals surface area (Å²) in [7, 11) is 1.61. The highest BCUT2D eigenvalue weighted by molar-refractivity contribution is 6.02. The first-order valence-corrected chi connectivity index (χ1v) is 7.64. The third kappa shape index (κ3) is 4.55. The van der Waals surface area contributed by atoms with Crippen LogP contribution in [0.2, 0.25) is 0 Å². The SMILES string of the molecule is CCOc1nc(C)c(NC(=O)/C=C/c2ccc(OC)cc2)c(C)n1. The van der Waals surface area contributed by atoms with Gasteiger partial charge in [-0.05, 0) is 44.5 Å². The molecule has 0 atom stereocenters. The Morgan fingerprint density at radius 3 is 2.33 bits per heavy atom. The predicted octanol–water partition coefficient (Wildman–Crippen LogP) is 3.15. The lowest BCUT2D eigenvalue weighted by Crippen LogP contribution is -2.13. The average molecular weight is 327 g/mol. The molecule has 1 heterocycles. The van der Waals surface area contributed by atoms with E-state index in [0.29, 0.717) is 29.7 Å². The first-order valence-electron chi connectivity index (χ1n) is 7.64. The number of ether oxygens (including phenoxy) is 2. The minimum absolute atomic E-state index is 0.246. The van der Waals surface area contributed by atoms with Gasteiger partial charge in [0, 0.05) is 6.08 Å². The van der Waals surface area contributed by atoms with Crippen molar-refractivity contribution in [3.8, 4) is 11.8 Å². The molecule has 0 unspecified atom stereocenters. The second-order valence-corrected chi connectivity index (χ2v) is 5.08. The van der Waals surface area contributed by atoms with E-state index in [1.54, 1.807) is 27.0 Å². The maximum absolute atomic E-state index is 12.1. The molecule has 0 aliphatic carbocycles. The van der Waals surface area contributed by atoms with E-state index in [4.69, 9.17) is 9.47 Å². The number of carbonyl (C=O) groups excluding carboxylic acids is 1. The Labute approximate surface area is 141 Å². The van der Waals surface area contributed by atoms with Crippen LogP contribution in [0.4, 0.5) is 5.69 Å². The van der Waals surface area contributed by atoms with Crippen LogP contribution in [-0.2, 0) is 4.79 Å². The standard InChI is InChI=1S/C18H21N3O3/c1-5-24-18-19-12(2)17(13(3)20-18)21-16(22)11-8-14-6-9-15(23-4)10-7-14/h6-11H,5H2,1-4H3,(H,21,22)/b11-8+. The number of carbonyl (C=O) groups is 1. The molecule has 0 spiro atoms. The van der Waals surface area contributed by atoms with Crippen LogP contribution in [0.5, 0.6) is 11.8 Å². The van der Waals surface area contributed by atoms with Gasteiger partial charge in [0.1, 0.15) is 5.75 Å². The monoisotopic (exact) mass is 327 g/mol. The van der Waals surface area contributed by atoms with E-state index in [2.05, 4.69) is 15.3 Å². The van der Waals surface area contributed by atoms with Crippen molar-refractivity contribution in [2.45, 2.75) is 20.8 Å². The molecule has 1 amide bonds. The Kier molecular flexibility index (Phi) is 5.89. The van der Waals surface area contributed by atoms with Gasteiger partial charge in [-0.1, -0.05) is 12.1 Å². The Bertz CT molecular complexity index is 717. The fourth-order valence-electron chi connectivity index (χ4n) is 2.11. The molecule has 0 aliphatic rings. The van der Waals surface area contributed by atoms with Gasteiger partial charge < -0.3 is 14.8 Å². The Balaban J connectivity index is 2.07. The number of nitrogens with zero attached hydrogens (tertiary/aromatic N) is 2. The summed E-state index contributed by atoms with van der Waals surface area (Å²) in [6.07, 6.45) is 3.20. The van der Waals surface area contributed by atoms with Crippen molar-refractivity contribution in [1.29, 1.82) is 0 Å². The quantitative estimate of drug-likeness (QED) is 0.825. The van der Waals surface area contributed by atoms with Crippen LogP contribution in [0.25, 0.3) is 6.08 Å². The maximum atomic E-state index is 12.1. The number of anilines is 1. The normalized spacial score (nSPS) is 10.7. The van der Waals surface area contributed by atoms with Crippen molar-refractivity contribution < 1.29 is 14.3 Å². The number of hydrogen-bond donors (Lipinski definition) is 1. The zero-order valence-corrected chi connectivity index (χ0v) is 14.3. The lowest BCUT2D eigenvalue weighted by Gasteiger charge is -2.10. The van der Waals surface area contributed by atoms with Crippen LogP contribution >= 0.6 is 0 Å². The van der Waals surface area contributed by atoms with E-state index in [9.17, 15) is 4.79 Å². The van der Waals surface area contributed by atoms with Crippen molar-refractivity contribution in [3.63, 3.8) is 0 Å². The Morgan fingerprint density at radius 1 is 1.17 bits per heavy atom. The van der Waals surface area contributed by atoms with Crippen LogP contribution < -0.4 is 14.8 Å². The molecular weight excluding hydrogens is 306 g/mol. The van der Waals surface area contributed by atoms with Gasteiger partial charge >= 0.3 is 6.01 Å². The smallest absolute Gasteiger partial charge is 0.316 e. The van der Waals surface area contributed by atoms with Gasteiger partial charge in [-0.25, -0.2) is 0 Å². The first kappa shape index (κ1) is 17.5. The first-order chi connectivity index (χ1) is 11.5. The van der Waals surface area contributed by atoms with Gasteiger partial charge in [0.15, 0.2) is 0 Å². The summed E-state index contributed by atoms with van der Waals surface area (Å²) in [4.78, 5) is 20.6. The molecule has 1 aromatic heterocycles. The second-order valence-electron chi connectivity index (χ2n) is 5.08. The Hall–Kier alpha value is -2.89. The van der Waals surface area contributed by atoms with Gasteiger partial charge in [0.2, 0.25) is 5.91 Å². The zero-order chi connectivity index (χ0) is 17.5. The number of nitrogens with one attached hydrogen (secondary N) is 1. The molecule has 2 aromatic rings. The molecule has 6 nitrogen and oxygen atoms in total. The molecule has 0 bridgehead atoms. The van der Waals surface area contributed by atoms with Gasteiger partial charge in [-0.15, -0.1) is 0 Å². The molecule has 0 saturated carbocycles. The van der Waals surface area contributed by atoms with E-state index in [1.165, 1.54) is 6.08 Å². The van der Waals surface area contributed by atoms with E-state index in [-0.39, 0.29) is 5.91 Å². The van der Waals surface area contributed by atoms with Crippen LogP contribution in [0.3, 0.4) is 0 Å². The van der Waals surface area contributed by atoms with Crippen molar-refractivity contribution in [2.75, 3.05) is 19.0 Å². The predicted molar refractivity (Wildman–Crippen MR) is 93.3 cm³/mol. The number of aromatic nitrogens is 2. The molecule has 24 heavy (non-hydrogen) atoms. The molecular formula is C18H21N3O3. The van der Waals surface area contributed by atoms with Gasteiger partial charge in [0.25, 0.3) is 0 Å². The fourth-order valence-corrected chi connectivity index (χ4v) is 2.11. The summed E-state index contributed by atoms with van der Waals surface area (Å²) in [6, 6.07) is 7.75. The molecule has 0 radical (unpaired) electrons. The molecule has 2 rings (SSSR count). The lowest BCUT2D eigenvalue weighted by molar-refractivity contribution is -0.111. The molecule has 0 fully saturated rings. The Morgan fingerprint density at radius 2 is 1.79 bits per heavy atom. The maximum Gasteiger partial charge on any atom is 0.316 e.